The highest BCUT2D eigenvalue weighted by Crippen LogP contribution is 2.31. The molecule has 3 rings (SSSR count). The van der Waals surface area contributed by atoms with E-state index in [0.29, 0.717) is 11.1 Å². The fourth-order valence-electron chi connectivity index (χ4n) is 2.14. The predicted molar refractivity (Wildman–Crippen MR) is 75.9 cm³/mol. The molecule has 0 radical (unpaired) electrons. The van der Waals surface area contributed by atoms with Crippen molar-refractivity contribution < 1.29 is 9.59 Å². The van der Waals surface area contributed by atoms with Crippen LogP contribution in [0.3, 0.4) is 0 Å². The van der Waals surface area contributed by atoms with Crippen molar-refractivity contribution in [2.45, 2.75) is 0 Å². The third kappa shape index (κ3) is 2.06. The summed E-state index contributed by atoms with van der Waals surface area (Å²) >= 11 is 0. The molecular weight excluding hydrogens is 238 g/mol. The van der Waals surface area contributed by atoms with Crippen LogP contribution < -0.4 is 5.32 Å². The number of anilines is 2. The predicted octanol–water partition coefficient (Wildman–Crippen LogP) is 3.54. The van der Waals surface area contributed by atoms with Crippen LogP contribution in [-0.2, 0) is 0 Å². The molecule has 0 aliphatic carbocycles. The van der Waals surface area contributed by atoms with Crippen LogP contribution in [0.4, 0.5) is 11.4 Å². The molecule has 3 heteroatoms. The molecule has 2 aromatic carbocycles. The van der Waals surface area contributed by atoms with Crippen LogP contribution in [0.2, 0.25) is 0 Å². The van der Waals surface area contributed by atoms with Gasteiger partial charge in [-0.1, -0.05) is 12.2 Å². The molecule has 0 amide bonds. The third-order valence-electron chi connectivity index (χ3n) is 3.14. The van der Waals surface area contributed by atoms with Gasteiger partial charge in [0.1, 0.15) is 12.6 Å². The lowest BCUT2D eigenvalue weighted by molar-refractivity contribution is 0.111. The van der Waals surface area contributed by atoms with E-state index in [1.807, 2.05) is 36.4 Å². The summed E-state index contributed by atoms with van der Waals surface area (Å²) in [6, 6.07) is 11.0. The molecule has 1 heterocycles. The van der Waals surface area contributed by atoms with Gasteiger partial charge in [-0.05, 0) is 47.5 Å². The monoisotopic (exact) mass is 249 g/mol. The van der Waals surface area contributed by atoms with Crippen molar-refractivity contribution in [2.24, 2.45) is 0 Å². The molecule has 1 aliphatic rings. The van der Waals surface area contributed by atoms with Gasteiger partial charge in [-0.3, -0.25) is 9.59 Å². The number of hydrogen-bond acceptors (Lipinski definition) is 3. The third-order valence-corrected chi connectivity index (χ3v) is 3.14. The smallest absolute Gasteiger partial charge is 0.150 e. The van der Waals surface area contributed by atoms with E-state index in [1.54, 1.807) is 12.1 Å². The lowest BCUT2D eigenvalue weighted by Gasteiger charge is -2.10. The fourth-order valence-corrected chi connectivity index (χ4v) is 2.14. The second kappa shape index (κ2) is 4.53. The summed E-state index contributed by atoms with van der Waals surface area (Å²) in [6.07, 6.45) is 5.54. The Hall–Kier alpha value is -2.68. The summed E-state index contributed by atoms with van der Waals surface area (Å²) in [7, 11) is 0. The summed E-state index contributed by atoms with van der Waals surface area (Å²) < 4.78 is 0. The Bertz CT molecular complexity index is 642. The summed E-state index contributed by atoms with van der Waals surface area (Å²) in [5, 5.41) is 3.31. The number of carbonyl (C=O) groups is 2. The van der Waals surface area contributed by atoms with Crippen molar-refractivity contribution in [2.75, 3.05) is 5.32 Å². The molecule has 0 saturated carbocycles. The van der Waals surface area contributed by atoms with Crippen molar-refractivity contribution in [3.63, 3.8) is 0 Å². The molecule has 0 unspecified atom stereocenters. The zero-order chi connectivity index (χ0) is 13.2. The number of rotatable bonds is 2. The Balaban J connectivity index is 2.11. The number of carbonyl (C=O) groups excluding carboxylic acids is 2. The number of fused-ring (bicyclic) bond motifs is 2. The van der Waals surface area contributed by atoms with Crippen LogP contribution in [0.25, 0.3) is 12.2 Å². The summed E-state index contributed by atoms with van der Waals surface area (Å²) in [4.78, 5) is 21.6. The van der Waals surface area contributed by atoms with E-state index in [1.165, 1.54) is 0 Å². The zero-order valence-corrected chi connectivity index (χ0v) is 10.1. The standard InChI is InChI=1S/C16H11NO2/c18-9-11-1-5-15-13(7-11)3-4-14-8-12(10-19)2-6-16(14)17-15/h1-10,17H. The van der Waals surface area contributed by atoms with Crippen LogP contribution in [0.1, 0.15) is 31.8 Å². The molecule has 2 aromatic rings. The Morgan fingerprint density at radius 2 is 1.21 bits per heavy atom. The van der Waals surface area contributed by atoms with E-state index < -0.39 is 0 Å². The minimum atomic E-state index is 0.643. The van der Waals surface area contributed by atoms with Gasteiger partial charge < -0.3 is 5.32 Å². The number of aldehydes is 2. The van der Waals surface area contributed by atoms with Crippen LogP contribution >= 0.6 is 0 Å². The second-order valence-corrected chi connectivity index (χ2v) is 4.39. The summed E-state index contributed by atoms with van der Waals surface area (Å²) in [5.74, 6) is 0. The minimum absolute atomic E-state index is 0.643. The van der Waals surface area contributed by atoms with Crippen LogP contribution in [0.15, 0.2) is 36.4 Å². The highest BCUT2D eigenvalue weighted by molar-refractivity contribution is 5.91. The Morgan fingerprint density at radius 3 is 1.63 bits per heavy atom. The van der Waals surface area contributed by atoms with Crippen molar-refractivity contribution >= 4 is 36.1 Å². The van der Waals surface area contributed by atoms with Crippen LogP contribution in [-0.4, -0.2) is 12.6 Å². The normalized spacial score (nSPS) is 11.8. The first-order valence-electron chi connectivity index (χ1n) is 5.94. The molecule has 0 spiro atoms. The summed E-state index contributed by atoms with van der Waals surface area (Å²) in [6.45, 7) is 0. The van der Waals surface area contributed by atoms with E-state index in [-0.39, 0.29) is 0 Å². The molecule has 0 aromatic heterocycles. The van der Waals surface area contributed by atoms with Gasteiger partial charge in [0.05, 0.1) is 0 Å². The van der Waals surface area contributed by atoms with E-state index in [4.69, 9.17) is 0 Å². The van der Waals surface area contributed by atoms with Gasteiger partial charge >= 0.3 is 0 Å². The van der Waals surface area contributed by atoms with E-state index in [2.05, 4.69) is 5.32 Å². The van der Waals surface area contributed by atoms with Gasteiger partial charge in [0.2, 0.25) is 0 Å². The molecule has 0 saturated heterocycles. The zero-order valence-electron chi connectivity index (χ0n) is 10.1. The molecule has 1 N–H and O–H groups in total. The fraction of sp³-hybridized carbons (Fsp3) is 0. The molecule has 0 atom stereocenters. The van der Waals surface area contributed by atoms with E-state index >= 15 is 0 Å². The maximum Gasteiger partial charge on any atom is 0.150 e. The topological polar surface area (TPSA) is 46.2 Å². The highest BCUT2D eigenvalue weighted by atomic mass is 16.1. The number of hydrogen-bond donors (Lipinski definition) is 1. The van der Waals surface area contributed by atoms with Gasteiger partial charge in [0, 0.05) is 22.5 Å². The maximum absolute atomic E-state index is 10.8. The van der Waals surface area contributed by atoms with Gasteiger partial charge in [-0.2, -0.15) is 0 Å². The Kier molecular flexibility index (Phi) is 2.72. The molecule has 0 fully saturated rings. The second-order valence-electron chi connectivity index (χ2n) is 4.39. The van der Waals surface area contributed by atoms with Gasteiger partial charge in [-0.25, -0.2) is 0 Å². The number of nitrogens with one attached hydrogen (secondary N) is 1. The quantitative estimate of drug-likeness (QED) is 0.706. The molecule has 19 heavy (non-hydrogen) atoms. The SMILES string of the molecule is O=Cc1ccc2c(c1)C=Cc1cc(C=O)ccc1N2. The van der Waals surface area contributed by atoms with Crippen LogP contribution in [0, 0.1) is 0 Å². The van der Waals surface area contributed by atoms with Gasteiger partial charge in [0.25, 0.3) is 0 Å². The van der Waals surface area contributed by atoms with E-state index in [9.17, 15) is 9.59 Å². The Morgan fingerprint density at radius 1 is 0.737 bits per heavy atom. The first kappa shape index (κ1) is 11.4. The average Bonchev–Trinajstić information content (AvgIpc) is 2.64. The minimum Gasteiger partial charge on any atom is -0.355 e. The van der Waals surface area contributed by atoms with Gasteiger partial charge in [0.15, 0.2) is 0 Å². The first-order chi connectivity index (χ1) is 9.30. The van der Waals surface area contributed by atoms with Crippen molar-refractivity contribution in [1.82, 2.24) is 0 Å². The molecule has 0 bridgehead atoms. The molecule has 3 nitrogen and oxygen atoms in total. The van der Waals surface area contributed by atoms with Crippen LogP contribution in [0.5, 0.6) is 0 Å². The first-order valence-corrected chi connectivity index (χ1v) is 5.94. The molecule has 92 valence electrons. The van der Waals surface area contributed by atoms with Gasteiger partial charge in [-0.15, -0.1) is 0 Å². The average molecular weight is 249 g/mol. The Labute approximate surface area is 110 Å². The van der Waals surface area contributed by atoms with Crippen molar-refractivity contribution in [3.8, 4) is 0 Å². The highest BCUT2D eigenvalue weighted by Gasteiger charge is 2.09. The molecular formula is C16H11NO2. The summed E-state index contributed by atoms with van der Waals surface area (Å²) in [5.41, 5.74) is 5.08. The molecule has 1 aliphatic heterocycles. The number of benzene rings is 2. The lowest BCUT2D eigenvalue weighted by atomic mass is 10.1. The maximum atomic E-state index is 10.8. The van der Waals surface area contributed by atoms with E-state index in [0.717, 1.165) is 35.1 Å². The largest absolute Gasteiger partial charge is 0.355 e. The van der Waals surface area contributed by atoms with Crippen molar-refractivity contribution in [3.05, 3.63) is 58.7 Å². The van der Waals surface area contributed by atoms with Crippen molar-refractivity contribution in [1.29, 1.82) is 0 Å². The lowest BCUT2D eigenvalue weighted by Crippen LogP contribution is -1.95.